The van der Waals surface area contributed by atoms with Crippen LogP contribution in [0.5, 0.6) is 5.75 Å². The smallest absolute Gasteiger partial charge is 0.408 e. The average Bonchev–Trinajstić information content (AvgIpc) is 2.73. The highest BCUT2D eigenvalue weighted by Gasteiger charge is 2.44. The van der Waals surface area contributed by atoms with Crippen LogP contribution < -0.4 is 10.1 Å². The van der Waals surface area contributed by atoms with Crippen LogP contribution in [0.25, 0.3) is 0 Å². The van der Waals surface area contributed by atoms with Crippen LogP contribution in [0, 0.1) is 5.92 Å². The second kappa shape index (κ2) is 6.48. The number of rotatable bonds is 3. The van der Waals surface area contributed by atoms with Crippen LogP contribution in [0.4, 0.5) is 4.79 Å². The summed E-state index contributed by atoms with van der Waals surface area (Å²) in [6.07, 6.45) is -1.03. The molecule has 1 heterocycles. The van der Waals surface area contributed by atoms with Gasteiger partial charge in [0.15, 0.2) is 0 Å². The predicted octanol–water partition coefficient (Wildman–Crippen LogP) is 2.82. The van der Waals surface area contributed by atoms with Gasteiger partial charge in [-0.3, -0.25) is 0 Å². The molecule has 6 nitrogen and oxygen atoms in total. The van der Waals surface area contributed by atoms with Gasteiger partial charge in [0.25, 0.3) is 0 Å². The van der Waals surface area contributed by atoms with Gasteiger partial charge in [0.05, 0.1) is 7.11 Å². The zero-order chi connectivity index (χ0) is 17.2. The highest BCUT2D eigenvalue weighted by atomic mass is 16.6. The molecule has 2 rings (SSSR count). The number of benzene rings is 1. The monoisotopic (exact) mass is 321 g/mol. The van der Waals surface area contributed by atoms with E-state index in [-0.39, 0.29) is 5.92 Å². The maximum Gasteiger partial charge on any atom is 0.408 e. The Kier molecular flexibility index (Phi) is 4.82. The molecular weight excluding hydrogens is 298 g/mol. The minimum atomic E-state index is -0.725. The van der Waals surface area contributed by atoms with Crippen molar-refractivity contribution in [3.63, 3.8) is 0 Å². The van der Waals surface area contributed by atoms with Gasteiger partial charge >= 0.3 is 12.1 Å². The molecule has 0 spiro atoms. The van der Waals surface area contributed by atoms with Crippen molar-refractivity contribution in [3.8, 4) is 5.75 Å². The quantitative estimate of drug-likeness (QED) is 0.867. The molecule has 1 N–H and O–H groups in total. The maximum atomic E-state index is 12.1. The minimum absolute atomic E-state index is 0.205. The van der Waals surface area contributed by atoms with Crippen molar-refractivity contribution in [2.75, 3.05) is 7.11 Å². The van der Waals surface area contributed by atoms with Crippen LogP contribution in [0.2, 0.25) is 0 Å². The Morgan fingerprint density at radius 2 is 1.83 bits per heavy atom. The summed E-state index contributed by atoms with van der Waals surface area (Å²) < 4.78 is 15.7. The molecule has 126 valence electrons. The maximum absolute atomic E-state index is 12.1. The lowest BCUT2D eigenvalue weighted by molar-refractivity contribution is -0.143. The third kappa shape index (κ3) is 4.15. The van der Waals surface area contributed by atoms with Crippen LogP contribution in [0.3, 0.4) is 0 Å². The molecule has 0 bridgehead atoms. The summed E-state index contributed by atoms with van der Waals surface area (Å²) >= 11 is 0. The van der Waals surface area contributed by atoms with Crippen LogP contribution >= 0.6 is 0 Å². The van der Waals surface area contributed by atoms with Gasteiger partial charge in [0, 0.05) is 5.92 Å². The Morgan fingerprint density at radius 3 is 2.35 bits per heavy atom. The number of esters is 1. The molecule has 1 amide bonds. The highest BCUT2D eigenvalue weighted by Crippen LogP contribution is 2.36. The molecule has 1 saturated heterocycles. The fourth-order valence-electron chi connectivity index (χ4n) is 2.49. The fraction of sp³-hybridized carbons (Fsp3) is 0.529. The number of nitrogens with one attached hydrogen (secondary N) is 1. The first-order valence-electron chi connectivity index (χ1n) is 7.55. The molecule has 23 heavy (non-hydrogen) atoms. The van der Waals surface area contributed by atoms with E-state index in [0.717, 1.165) is 11.3 Å². The largest absolute Gasteiger partial charge is 0.497 e. The molecule has 6 heteroatoms. The Labute approximate surface area is 136 Å². The Morgan fingerprint density at radius 1 is 1.22 bits per heavy atom. The summed E-state index contributed by atoms with van der Waals surface area (Å²) in [5.74, 6) is 0.0711. The number of hydrogen-bond acceptors (Lipinski definition) is 5. The van der Waals surface area contributed by atoms with E-state index in [0.29, 0.717) is 0 Å². The van der Waals surface area contributed by atoms with Gasteiger partial charge in [-0.15, -0.1) is 0 Å². The van der Waals surface area contributed by atoms with E-state index in [2.05, 4.69) is 5.32 Å². The standard InChI is InChI=1S/C17H23NO5/c1-10-13(18-16(20)23-17(2,3)4)15(19)22-14(10)11-6-8-12(21-5)9-7-11/h6-10,13-14H,1-5H3,(H,18,20)/t10-,13+,14-/m1/s1. The van der Waals surface area contributed by atoms with Crippen molar-refractivity contribution >= 4 is 12.1 Å². The summed E-state index contributed by atoms with van der Waals surface area (Å²) in [5.41, 5.74) is 0.241. The minimum Gasteiger partial charge on any atom is -0.497 e. The molecule has 0 radical (unpaired) electrons. The second-order valence-electron chi connectivity index (χ2n) is 6.61. The number of amides is 1. The first-order valence-corrected chi connectivity index (χ1v) is 7.55. The van der Waals surface area contributed by atoms with Crippen molar-refractivity contribution in [2.45, 2.75) is 45.4 Å². The normalized spacial score (nSPS) is 24.0. The van der Waals surface area contributed by atoms with Gasteiger partial charge in [0.2, 0.25) is 0 Å². The fourth-order valence-corrected chi connectivity index (χ4v) is 2.49. The van der Waals surface area contributed by atoms with Crippen LogP contribution in [-0.4, -0.2) is 30.8 Å². The average molecular weight is 321 g/mol. The van der Waals surface area contributed by atoms with E-state index in [4.69, 9.17) is 14.2 Å². The van der Waals surface area contributed by atoms with Crippen LogP contribution in [-0.2, 0) is 14.3 Å². The topological polar surface area (TPSA) is 73.9 Å². The molecule has 0 aromatic heterocycles. The number of carbonyl (C=O) groups excluding carboxylic acids is 2. The predicted molar refractivity (Wildman–Crippen MR) is 84.1 cm³/mol. The van der Waals surface area contributed by atoms with Gasteiger partial charge in [-0.1, -0.05) is 19.1 Å². The van der Waals surface area contributed by atoms with Crippen molar-refractivity contribution in [3.05, 3.63) is 29.8 Å². The van der Waals surface area contributed by atoms with E-state index in [1.165, 1.54) is 0 Å². The van der Waals surface area contributed by atoms with Crippen molar-refractivity contribution in [1.29, 1.82) is 0 Å². The van der Waals surface area contributed by atoms with Gasteiger partial charge in [-0.2, -0.15) is 0 Å². The molecule has 1 aromatic rings. The van der Waals surface area contributed by atoms with Crippen molar-refractivity contribution in [2.24, 2.45) is 5.92 Å². The van der Waals surface area contributed by atoms with Gasteiger partial charge < -0.3 is 19.5 Å². The molecule has 3 atom stereocenters. The highest BCUT2D eigenvalue weighted by molar-refractivity contribution is 5.83. The Hall–Kier alpha value is -2.24. The number of carbonyl (C=O) groups is 2. The third-order valence-electron chi connectivity index (χ3n) is 3.62. The molecular formula is C17H23NO5. The molecule has 0 unspecified atom stereocenters. The number of methoxy groups -OCH3 is 1. The van der Waals surface area contributed by atoms with E-state index >= 15 is 0 Å². The lowest BCUT2D eigenvalue weighted by atomic mass is 9.93. The lowest BCUT2D eigenvalue weighted by Gasteiger charge is -2.22. The second-order valence-corrected chi connectivity index (χ2v) is 6.61. The lowest BCUT2D eigenvalue weighted by Crippen LogP contribution is -2.44. The van der Waals surface area contributed by atoms with Crippen LogP contribution in [0.15, 0.2) is 24.3 Å². The van der Waals surface area contributed by atoms with Crippen molar-refractivity contribution in [1.82, 2.24) is 5.32 Å². The van der Waals surface area contributed by atoms with Gasteiger partial charge in [-0.25, -0.2) is 9.59 Å². The number of hydrogen-bond donors (Lipinski definition) is 1. The summed E-state index contributed by atoms with van der Waals surface area (Å²) in [5, 5.41) is 2.60. The molecule has 0 saturated carbocycles. The number of cyclic esters (lactones) is 1. The molecule has 0 aliphatic carbocycles. The third-order valence-corrected chi connectivity index (χ3v) is 3.62. The summed E-state index contributed by atoms with van der Waals surface area (Å²) in [6.45, 7) is 7.16. The number of ether oxygens (including phenoxy) is 3. The zero-order valence-corrected chi connectivity index (χ0v) is 14.1. The summed E-state index contributed by atoms with van der Waals surface area (Å²) in [4.78, 5) is 24.0. The molecule has 1 aliphatic heterocycles. The van der Waals surface area contributed by atoms with Gasteiger partial charge in [0.1, 0.15) is 23.5 Å². The van der Waals surface area contributed by atoms with E-state index in [9.17, 15) is 9.59 Å². The molecule has 1 aromatic carbocycles. The molecule has 1 fully saturated rings. The molecule has 1 aliphatic rings. The summed E-state index contributed by atoms with van der Waals surface area (Å²) in [6, 6.07) is 6.60. The number of alkyl carbamates (subject to hydrolysis) is 1. The SMILES string of the molecule is COc1ccc([C@@H]2OC(=O)[C@@H](NC(=O)OC(C)(C)C)[C@H]2C)cc1. The summed E-state index contributed by atoms with van der Waals surface area (Å²) in [7, 11) is 1.59. The Balaban J connectivity index is 2.07. The van der Waals surface area contributed by atoms with E-state index < -0.39 is 29.8 Å². The van der Waals surface area contributed by atoms with Gasteiger partial charge in [-0.05, 0) is 38.5 Å². The zero-order valence-electron chi connectivity index (χ0n) is 14.1. The first-order chi connectivity index (χ1) is 10.7. The van der Waals surface area contributed by atoms with Crippen LogP contribution in [0.1, 0.15) is 39.4 Å². The van der Waals surface area contributed by atoms with E-state index in [1.807, 2.05) is 31.2 Å². The van der Waals surface area contributed by atoms with Crippen molar-refractivity contribution < 1.29 is 23.8 Å². The van der Waals surface area contributed by atoms with E-state index in [1.54, 1.807) is 27.9 Å². The Bertz CT molecular complexity index is 576. The first kappa shape index (κ1) is 17.1.